The standard InChI is InChI=1S/C17H12O4/c1-11(18)20-13-8-6-12(7-9-13)17-10-15(19)14-4-2-3-5-16(14)21-17/h2,5-9,17H,10H2,1H3/t17-/m0/s1. The van der Waals surface area contributed by atoms with Gasteiger partial charge in [0.15, 0.2) is 5.78 Å². The summed E-state index contributed by atoms with van der Waals surface area (Å²) in [5.41, 5.74) is 1.33. The van der Waals surface area contributed by atoms with Gasteiger partial charge in [-0.25, -0.2) is 0 Å². The van der Waals surface area contributed by atoms with Gasteiger partial charge in [0.25, 0.3) is 0 Å². The van der Waals surface area contributed by atoms with Crippen molar-refractivity contribution in [3.63, 3.8) is 0 Å². The van der Waals surface area contributed by atoms with Crippen molar-refractivity contribution in [1.29, 1.82) is 0 Å². The first-order valence-corrected chi connectivity index (χ1v) is 6.53. The minimum Gasteiger partial charge on any atom is -0.484 e. The summed E-state index contributed by atoms with van der Waals surface area (Å²) < 4.78 is 10.8. The van der Waals surface area contributed by atoms with Crippen LogP contribution in [0.2, 0.25) is 0 Å². The first kappa shape index (κ1) is 13.4. The third-order valence-electron chi connectivity index (χ3n) is 3.19. The van der Waals surface area contributed by atoms with Crippen LogP contribution in [0.15, 0.2) is 36.4 Å². The van der Waals surface area contributed by atoms with E-state index in [9.17, 15) is 9.59 Å². The number of carbonyl (C=O) groups is 2. The first-order chi connectivity index (χ1) is 10.1. The Hall–Kier alpha value is -2.62. The molecule has 0 aromatic heterocycles. The van der Waals surface area contributed by atoms with E-state index in [0.717, 1.165) is 5.56 Å². The molecule has 104 valence electrons. The molecule has 21 heavy (non-hydrogen) atoms. The fourth-order valence-corrected chi connectivity index (χ4v) is 2.25. The molecule has 1 atom stereocenters. The summed E-state index contributed by atoms with van der Waals surface area (Å²) in [5, 5.41) is 0. The van der Waals surface area contributed by atoms with Gasteiger partial charge >= 0.3 is 5.97 Å². The summed E-state index contributed by atoms with van der Waals surface area (Å²) in [5.74, 6) is 0.601. The number of Topliss-reactive ketones (excluding diaryl/α,β-unsaturated/α-hetero) is 1. The molecule has 0 N–H and O–H groups in total. The third kappa shape index (κ3) is 2.79. The highest BCUT2D eigenvalue weighted by Gasteiger charge is 2.27. The molecule has 0 fully saturated rings. The average molecular weight is 280 g/mol. The van der Waals surface area contributed by atoms with Crippen LogP contribution < -0.4 is 9.47 Å². The van der Waals surface area contributed by atoms with Crippen LogP contribution in [0.3, 0.4) is 0 Å². The molecule has 3 rings (SSSR count). The molecule has 1 aliphatic heterocycles. The van der Waals surface area contributed by atoms with E-state index < -0.39 is 0 Å². The largest absolute Gasteiger partial charge is 0.484 e. The van der Waals surface area contributed by atoms with Crippen LogP contribution >= 0.6 is 0 Å². The van der Waals surface area contributed by atoms with Gasteiger partial charge in [-0.3, -0.25) is 9.59 Å². The van der Waals surface area contributed by atoms with Gasteiger partial charge in [0.1, 0.15) is 17.6 Å². The molecule has 0 spiro atoms. The van der Waals surface area contributed by atoms with E-state index in [0.29, 0.717) is 17.1 Å². The van der Waals surface area contributed by atoms with E-state index in [4.69, 9.17) is 9.47 Å². The van der Waals surface area contributed by atoms with Gasteiger partial charge in [0.05, 0.1) is 12.0 Å². The summed E-state index contributed by atoms with van der Waals surface area (Å²) in [6, 6.07) is 15.9. The number of hydrogen-bond acceptors (Lipinski definition) is 4. The topological polar surface area (TPSA) is 52.6 Å². The Morgan fingerprint density at radius 2 is 2.10 bits per heavy atom. The predicted octanol–water partition coefficient (Wildman–Crippen LogP) is 2.92. The smallest absolute Gasteiger partial charge is 0.308 e. The molecule has 0 saturated heterocycles. The minimum atomic E-state index is -0.369. The Morgan fingerprint density at radius 3 is 2.81 bits per heavy atom. The second-order valence-corrected chi connectivity index (χ2v) is 4.74. The summed E-state index contributed by atoms with van der Waals surface area (Å²) in [7, 11) is 0. The Bertz CT molecular complexity index is 688. The first-order valence-electron chi connectivity index (χ1n) is 6.53. The highest BCUT2D eigenvalue weighted by atomic mass is 16.5. The number of rotatable bonds is 2. The number of ketones is 1. The fraction of sp³-hybridized carbons (Fsp3) is 0.176. The molecule has 0 bridgehead atoms. The molecule has 2 aromatic carbocycles. The van der Waals surface area contributed by atoms with Crippen molar-refractivity contribution in [2.45, 2.75) is 19.4 Å². The van der Waals surface area contributed by atoms with Crippen molar-refractivity contribution in [3.05, 3.63) is 59.7 Å². The van der Waals surface area contributed by atoms with Gasteiger partial charge in [-0.2, -0.15) is 0 Å². The number of ether oxygens (including phenoxy) is 2. The molecular weight excluding hydrogens is 268 g/mol. The summed E-state index contributed by atoms with van der Waals surface area (Å²) in [6.45, 7) is 1.35. The number of fused-ring (bicyclic) bond motifs is 1. The summed E-state index contributed by atoms with van der Waals surface area (Å²) >= 11 is 0. The van der Waals surface area contributed by atoms with Crippen LogP contribution in [0.25, 0.3) is 0 Å². The van der Waals surface area contributed by atoms with E-state index in [-0.39, 0.29) is 24.3 Å². The number of esters is 1. The van der Waals surface area contributed by atoms with Gasteiger partial charge in [-0.05, 0) is 42.0 Å². The second kappa shape index (κ2) is 5.40. The van der Waals surface area contributed by atoms with Crippen molar-refractivity contribution in [3.8, 4) is 11.5 Å². The second-order valence-electron chi connectivity index (χ2n) is 4.74. The molecule has 0 saturated carbocycles. The maximum atomic E-state index is 12.1. The molecule has 4 nitrogen and oxygen atoms in total. The highest BCUT2D eigenvalue weighted by molar-refractivity contribution is 5.99. The van der Waals surface area contributed by atoms with Crippen LogP contribution in [0.1, 0.15) is 35.4 Å². The van der Waals surface area contributed by atoms with E-state index in [2.05, 4.69) is 12.1 Å². The summed E-state index contributed by atoms with van der Waals surface area (Å²) in [4.78, 5) is 23.0. The van der Waals surface area contributed by atoms with Crippen molar-refractivity contribution in [2.75, 3.05) is 0 Å². The van der Waals surface area contributed by atoms with Gasteiger partial charge in [0.2, 0.25) is 0 Å². The zero-order valence-corrected chi connectivity index (χ0v) is 11.4. The minimum absolute atomic E-state index is 0.000637. The lowest BCUT2D eigenvalue weighted by Gasteiger charge is -2.25. The molecule has 2 radical (unpaired) electrons. The SMILES string of the molecule is CC(=O)Oc1ccc([C@@H]2CC(=O)c3[c]c[c]cc3O2)cc1. The number of hydrogen-bond donors (Lipinski definition) is 0. The van der Waals surface area contributed by atoms with Gasteiger partial charge in [0, 0.05) is 6.92 Å². The van der Waals surface area contributed by atoms with Crippen molar-refractivity contribution in [2.24, 2.45) is 0 Å². The van der Waals surface area contributed by atoms with Crippen molar-refractivity contribution >= 4 is 11.8 Å². The van der Waals surface area contributed by atoms with E-state index >= 15 is 0 Å². The highest BCUT2D eigenvalue weighted by Crippen LogP contribution is 2.34. The van der Waals surface area contributed by atoms with Crippen LogP contribution in [0.5, 0.6) is 11.5 Å². The maximum absolute atomic E-state index is 12.1. The lowest BCUT2D eigenvalue weighted by atomic mass is 9.96. The maximum Gasteiger partial charge on any atom is 0.308 e. The van der Waals surface area contributed by atoms with E-state index in [1.54, 1.807) is 36.4 Å². The van der Waals surface area contributed by atoms with Crippen LogP contribution in [-0.2, 0) is 4.79 Å². The average Bonchev–Trinajstić information content (AvgIpc) is 2.47. The van der Waals surface area contributed by atoms with Crippen LogP contribution in [0.4, 0.5) is 0 Å². The molecule has 0 unspecified atom stereocenters. The molecule has 0 amide bonds. The molecular formula is C17H12O4. The molecule has 1 aliphatic rings. The van der Waals surface area contributed by atoms with E-state index in [1.165, 1.54) is 6.92 Å². The Kier molecular flexibility index (Phi) is 3.44. The molecule has 0 aliphatic carbocycles. The normalized spacial score (nSPS) is 16.8. The fourth-order valence-electron chi connectivity index (χ4n) is 2.25. The van der Waals surface area contributed by atoms with E-state index in [1.807, 2.05) is 0 Å². The number of carbonyl (C=O) groups excluding carboxylic acids is 2. The lowest BCUT2D eigenvalue weighted by Crippen LogP contribution is -2.20. The number of benzene rings is 2. The Balaban J connectivity index is 1.82. The predicted molar refractivity (Wildman–Crippen MR) is 74.2 cm³/mol. The molecule has 1 heterocycles. The monoisotopic (exact) mass is 280 g/mol. The van der Waals surface area contributed by atoms with Gasteiger partial charge in [-0.15, -0.1) is 0 Å². The van der Waals surface area contributed by atoms with Crippen LogP contribution in [-0.4, -0.2) is 11.8 Å². The Labute approximate surface area is 122 Å². The Morgan fingerprint density at radius 1 is 1.33 bits per heavy atom. The molecule has 4 heteroatoms. The van der Waals surface area contributed by atoms with Gasteiger partial charge < -0.3 is 9.47 Å². The zero-order valence-electron chi connectivity index (χ0n) is 11.4. The van der Waals surface area contributed by atoms with Crippen molar-refractivity contribution < 1.29 is 19.1 Å². The van der Waals surface area contributed by atoms with Gasteiger partial charge in [-0.1, -0.05) is 12.1 Å². The third-order valence-corrected chi connectivity index (χ3v) is 3.19. The van der Waals surface area contributed by atoms with Crippen LogP contribution in [0, 0.1) is 12.1 Å². The van der Waals surface area contributed by atoms with Crippen molar-refractivity contribution in [1.82, 2.24) is 0 Å². The summed E-state index contributed by atoms with van der Waals surface area (Å²) in [6.07, 6.45) is -0.0824. The quantitative estimate of drug-likeness (QED) is 0.627. The molecule has 2 aromatic rings. The lowest BCUT2D eigenvalue weighted by molar-refractivity contribution is -0.131. The zero-order chi connectivity index (χ0) is 14.8.